The van der Waals surface area contributed by atoms with Crippen molar-refractivity contribution < 1.29 is 27.5 Å². The van der Waals surface area contributed by atoms with Crippen LogP contribution in [0.2, 0.25) is 5.02 Å². The number of ether oxygens (including phenoxy) is 2. The van der Waals surface area contributed by atoms with Crippen molar-refractivity contribution in [1.29, 1.82) is 0 Å². The van der Waals surface area contributed by atoms with Crippen LogP contribution < -0.4 is 14.8 Å². The van der Waals surface area contributed by atoms with Crippen LogP contribution in [0.15, 0.2) is 62.9 Å². The van der Waals surface area contributed by atoms with Crippen LogP contribution in [0.25, 0.3) is 11.1 Å². The fraction of sp³-hybridized carbons (Fsp3) is 0.250. The zero-order valence-corrected chi connectivity index (χ0v) is 19.6. The first-order valence-electron chi connectivity index (χ1n) is 10.7. The molecule has 1 atom stereocenters. The lowest BCUT2D eigenvalue weighted by atomic mass is 9.68. The summed E-state index contributed by atoms with van der Waals surface area (Å²) in [6, 6.07) is 7.49. The van der Waals surface area contributed by atoms with Crippen molar-refractivity contribution in [3.8, 4) is 11.5 Å². The average Bonchev–Trinajstić information content (AvgIpc) is 3.52. The number of amides is 1. The highest BCUT2D eigenvalue weighted by Crippen LogP contribution is 2.46. The minimum atomic E-state index is -0.613. The van der Waals surface area contributed by atoms with Crippen molar-refractivity contribution >= 4 is 28.6 Å². The second kappa shape index (κ2) is 9.03. The Morgan fingerprint density at radius 1 is 1.23 bits per heavy atom. The Morgan fingerprint density at radius 2 is 2.09 bits per heavy atom. The molecule has 35 heavy (non-hydrogen) atoms. The molecular formula is C24H20ClFN4O5. The molecule has 11 heteroatoms. The molecule has 9 nitrogen and oxygen atoms in total. The summed E-state index contributed by atoms with van der Waals surface area (Å²) in [5.41, 5.74) is 2.50. The Bertz CT molecular complexity index is 1450. The van der Waals surface area contributed by atoms with Gasteiger partial charge in [-0.1, -0.05) is 11.6 Å². The maximum atomic E-state index is 13.5. The first-order chi connectivity index (χ1) is 16.8. The van der Waals surface area contributed by atoms with Gasteiger partial charge in [0.1, 0.15) is 22.8 Å². The van der Waals surface area contributed by atoms with Gasteiger partial charge in [0, 0.05) is 30.3 Å². The number of halogens is 2. The molecule has 1 amide bonds. The Balaban J connectivity index is 1.17. The average molecular weight is 499 g/mol. The quantitative estimate of drug-likeness (QED) is 0.371. The number of aromatic nitrogens is 3. The number of fused-ring (bicyclic) bond motifs is 1. The molecular weight excluding hydrogens is 479 g/mol. The van der Waals surface area contributed by atoms with E-state index in [9.17, 15) is 9.18 Å². The molecule has 1 aliphatic carbocycles. The SMILES string of the molecule is CC1=C(NC(=O)COc2ccc(Cl)c(F)c2)CC1(C)c1nnc(COc2cnc3ccoc3c2)o1. The van der Waals surface area contributed by atoms with E-state index in [4.69, 9.17) is 29.9 Å². The van der Waals surface area contributed by atoms with Gasteiger partial charge in [0.05, 0.1) is 22.9 Å². The van der Waals surface area contributed by atoms with Gasteiger partial charge in [0.15, 0.2) is 18.8 Å². The van der Waals surface area contributed by atoms with Crippen molar-refractivity contribution in [3.63, 3.8) is 0 Å². The summed E-state index contributed by atoms with van der Waals surface area (Å²) in [7, 11) is 0. The maximum Gasteiger partial charge on any atom is 0.262 e. The number of nitrogens with one attached hydrogen (secondary N) is 1. The van der Waals surface area contributed by atoms with Gasteiger partial charge in [-0.05, 0) is 31.6 Å². The van der Waals surface area contributed by atoms with Gasteiger partial charge in [-0.3, -0.25) is 4.79 Å². The van der Waals surface area contributed by atoms with Gasteiger partial charge in [-0.2, -0.15) is 0 Å². The summed E-state index contributed by atoms with van der Waals surface area (Å²) in [4.78, 5) is 16.5. The molecule has 0 saturated heterocycles. The van der Waals surface area contributed by atoms with E-state index in [0.717, 1.165) is 22.9 Å². The first kappa shape index (κ1) is 22.9. The van der Waals surface area contributed by atoms with Crippen molar-refractivity contribution in [3.05, 3.63) is 76.7 Å². The van der Waals surface area contributed by atoms with Crippen LogP contribution in [0.4, 0.5) is 4.39 Å². The molecule has 0 bridgehead atoms. The number of pyridine rings is 1. The van der Waals surface area contributed by atoms with E-state index in [0.29, 0.717) is 29.5 Å². The third-order valence-electron chi connectivity index (χ3n) is 5.94. The molecule has 1 aliphatic rings. The Morgan fingerprint density at radius 3 is 2.89 bits per heavy atom. The zero-order chi connectivity index (χ0) is 24.6. The lowest BCUT2D eigenvalue weighted by molar-refractivity contribution is -0.122. The second-order valence-electron chi connectivity index (χ2n) is 8.29. The molecule has 1 unspecified atom stereocenters. The molecule has 5 rings (SSSR count). The molecule has 0 radical (unpaired) electrons. The van der Waals surface area contributed by atoms with Crippen LogP contribution in [-0.4, -0.2) is 27.7 Å². The summed E-state index contributed by atoms with van der Waals surface area (Å²) in [6.07, 6.45) is 3.66. The van der Waals surface area contributed by atoms with Gasteiger partial charge in [0.25, 0.3) is 11.8 Å². The Kier molecular flexibility index (Phi) is 5.89. The van der Waals surface area contributed by atoms with E-state index >= 15 is 0 Å². The van der Waals surface area contributed by atoms with Crippen LogP contribution in [0, 0.1) is 5.82 Å². The van der Waals surface area contributed by atoms with Crippen molar-refractivity contribution in [2.75, 3.05) is 6.61 Å². The summed E-state index contributed by atoms with van der Waals surface area (Å²) >= 11 is 5.65. The highest BCUT2D eigenvalue weighted by Gasteiger charge is 2.45. The normalized spacial score (nSPS) is 17.4. The number of rotatable bonds is 8. The van der Waals surface area contributed by atoms with Gasteiger partial charge < -0.3 is 23.6 Å². The fourth-order valence-corrected chi connectivity index (χ4v) is 3.84. The maximum absolute atomic E-state index is 13.5. The van der Waals surface area contributed by atoms with Crippen molar-refractivity contribution in [1.82, 2.24) is 20.5 Å². The smallest absolute Gasteiger partial charge is 0.262 e. The summed E-state index contributed by atoms with van der Waals surface area (Å²) in [6.45, 7) is 3.65. The number of hydrogen-bond acceptors (Lipinski definition) is 8. The Labute approximate surface area is 203 Å². The number of benzene rings is 1. The van der Waals surface area contributed by atoms with Crippen molar-refractivity contribution in [2.45, 2.75) is 32.3 Å². The number of carbonyl (C=O) groups is 1. The van der Waals surface area contributed by atoms with Gasteiger partial charge in [0.2, 0.25) is 5.89 Å². The molecule has 1 aromatic carbocycles. The largest absolute Gasteiger partial charge is 0.484 e. The molecule has 0 spiro atoms. The summed E-state index contributed by atoms with van der Waals surface area (Å²) in [5.74, 6) is 0.503. The molecule has 0 fully saturated rings. The first-order valence-corrected chi connectivity index (χ1v) is 11.1. The monoisotopic (exact) mass is 498 g/mol. The highest BCUT2D eigenvalue weighted by atomic mass is 35.5. The van der Waals surface area contributed by atoms with Crippen molar-refractivity contribution in [2.24, 2.45) is 0 Å². The van der Waals surface area contributed by atoms with Gasteiger partial charge >= 0.3 is 0 Å². The standard InChI is InChI=1S/C24H20ClFN4O5/c1-13-19(28-21(31)11-33-14-3-4-16(25)17(26)7-14)9-24(13,2)23-30-29-22(35-23)12-34-15-8-20-18(27-10-15)5-6-32-20/h3-8,10H,9,11-12H2,1-2H3,(H,28,31). The van der Waals surface area contributed by atoms with Crippen LogP contribution in [0.5, 0.6) is 11.5 Å². The lowest BCUT2D eigenvalue weighted by Crippen LogP contribution is -2.42. The molecule has 1 N–H and O–H groups in total. The lowest BCUT2D eigenvalue weighted by Gasteiger charge is -2.39. The molecule has 3 heterocycles. The van der Waals surface area contributed by atoms with Crippen LogP contribution >= 0.6 is 11.6 Å². The van der Waals surface area contributed by atoms with Gasteiger partial charge in [-0.15, -0.1) is 10.2 Å². The topological polar surface area (TPSA) is 113 Å². The van der Waals surface area contributed by atoms with Crippen LogP contribution in [0.1, 0.15) is 32.0 Å². The second-order valence-corrected chi connectivity index (χ2v) is 8.70. The summed E-state index contributed by atoms with van der Waals surface area (Å²) < 4.78 is 35.7. The molecule has 180 valence electrons. The third-order valence-corrected chi connectivity index (χ3v) is 6.25. The number of hydrogen-bond donors (Lipinski definition) is 1. The zero-order valence-electron chi connectivity index (χ0n) is 18.8. The number of carbonyl (C=O) groups excluding carboxylic acids is 1. The minimum absolute atomic E-state index is 0.0144. The molecule has 3 aromatic heterocycles. The fourth-order valence-electron chi connectivity index (χ4n) is 3.73. The minimum Gasteiger partial charge on any atom is -0.484 e. The van der Waals surface area contributed by atoms with E-state index in [-0.39, 0.29) is 29.9 Å². The summed E-state index contributed by atoms with van der Waals surface area (Å²) in [5, 5.41) is 11.0. The van der Waals surface area contributed by atoms with Crippen LogP contribution in [0.3, 0.4) is 0 Å². The predicted molar refractivity (Wildman–Crippen MR) is 122 cm³/mol. The highest BCUT2D eigenvalue weighted by molar-refractivity contribution is 6.30. The molecule has 0 aliphatic heterocycles. The van der Waals surface area contributed by atoms with Crippen LogP contribution in [-0.2, 0) is 16.8 Å². The Hall–Kier alpha value is -3.92. The molecule has 0 saturated carbocycles. The number of furan rings is 1. The number of allylic oxidation sites excluding steroid dienone is 2. The van der Waals surface area contributed by atoms with E-state index in [1.165, 1.54) is 12.1 Å². The number of nitrogens with zero attached hydrogens (tertiary/aromatic N) is 3. The van der Waals surface area contributed by atoms with E-state index in [1.54, 1.807) is 24.6 Å². The van der Waals surface area contributed by atoms with E-state index in [1.807, 2.05) is 13.8 Å². The predicted octanol–water partition coefficient (Wildman–Crippen LogP) is 4.71. The molecule has 4 aromatic rings. The van der Waals surface area contributed by atoms with E-state index < -0.39 is 11.2 Å². The third kappa shape index (κ3) is 4.57. The van der Waals surface area contributed by atoms with E-state index in [2.05, 4.69) is 20.5 Å². The van der Waals surface area contributed by atoms with Gasteiger partial charge in [-0.25, -0.2) is 9.37 Å².